The molecule has 94 valence electrons. The molecule has 0 bridgehead atoms. The van der Waals surface area contributed by atoms with Crippen LogP contribution in [0.1, 0.15) is 16.1 Å². The molecular formula is C10H10N4O3S. The van der Waals surface area contributed by atoms with E-state index in [0.29, 0.717) is 4.88 Å². The summed E-state index contributed by atoms with van der Waals surface area (Å²) < 4.78 is 0. The van der Waals surface area contributed by atoms with Gasteiger partial charge in [0, 0.05) is 6.54 Å². The Balaban J connectivity index is 2.19. The van der Waals surface area contributed by atoms with Crippen LogP contribution in [0, 0.1) is 0 Å². The van der Waals surface area contributed by atoms with E-state index < -0.39 is 5.97 Å². The molecular weight excluding hydrogens is 256 g/mol. The predicted octanol–water partition coefficient (Wildman–Crippen LogP) is 0.988. The number of amides is 1. The van der Waals surface area contributed by atoms with Gasteiger partial charge in [-0.2, -0.15) is 10.1 Å². The van der Waals surface area contributed by atoms with E-state index in [9.17, 15) is 9.59 Å². The Morgan fingerprint density at radius 2 is 2.33 bits per heavy atom. The molecule has 0 fully saturated rings. The second-order valence-corrected chi connectivity index (χ2v) is 4.33. The van der Waals surface area contributed by atoms with E-state index in [1.54, 1.807) is 17.5 Å². The molecule has 0 spiro atoms. The first-order chi connectivity index (χ1) is 8.68. The number of carboxylic acid groups (broad SMARTS) is 1. The minimum absolute atomic E-state index is 0.0429. The Hall–Kier alpha value is -2.22. The smallest absolute Gasteiger partial charge is 0.305 e. The maximum absolute atomic E-state index is 12.2. The van der Waals surface area contributed by atoms with Gasteiger partial charge in [0.2, 0.25) is 5.95 Å². The van der Waals surface area contributed by atoms with E-state index in [-0.39, 0.29) is 24.8 Å². The van der Waals surface area contributed by atoms with Crippen molar-refractivity contribution < 1.29 is 14.7 Å². The van der Waals surface area contributed by atoms with Gasteiger partial charge in [-0.1, -0.05) is 6.07 Å². The van der Waals surface area contributed by atoms with Crippen molar-refractivity contribution in [2.45, 2.75) is 6.42 Å². The zero-order valence-electron chi connectivity index (χ0n) is 9.24. The number of hydrogen-bond acceptors (Lipinski definition) is 5. The number of nitrogens with one attached hydrogen (secondary N) is 1. The number of carbonyl (C=O) groups excluding carboxylic acids is 1. The van der Waals surface area contributed by atoms with Crippen LogP contribution >= 0.6 is 11.3 Å². The van der Waals surface area contributed by atoms with Crippen LogP contribution in [0.3, 0.4) is 0 Å². The standard InChI is InChI=1S/C10H10N4O3S/c15-8(16)3-4-14(10-11-6-12-13-10)9(17)7-2-1-5-18-7/h1-2,5-6H,3-4H2,(H,15,16)(H,11,12,13). The van der Waals surface area contributed by atoms with E-state index in [4.69, 9.17) is 5.11 Å². The molecule has 0 aromatic carbocycles. The number of aromatic amines is 1. The highest BCUT2D eigenvalue weighted by Gasteiger charge is 2.21. The number of carboxylic acids is 1. The highest BCUT2D eigenvalue weighted by atomic mass is 32.1. The average molecular weight is 266 g/mol. The third-order valence-corrected chi connectivity index (χ3v) is 3.04. The monoisotopic (exact) mass is 266 g/mol. The van der Waals surface area contributed by atoms with E-state index >= 15 is 0 Å². The molecule has 2 heterocycles. The lowest BCUT2D eigenvalue weighted by molar-refractivity contribution is -0.136. The van der Waals surface area contributed by atoms with Crippen LogP contribution in [0.25, 0.3) is 0 Å². The first-order valence-electron chi connectivity index (χ1n) is 5.11. The van der Waals surface area contributed by atoms with Crippen molar-refractivity contribution in [1.29, 1.82) is 0 Å². The molecule has 0 aliphatic rings. The fraction of sp³-hybridized carbons (Fsp3) is 0.200. The van der Waals surface area contributed by atoms with Gasteiger partial charge in [-0.05, 0) is 11.4 Å². The van der Waals surface area contributed by atoms with Crippen LogP contribution in [0.5, 0.6) is 0 Å². The number of aromatic nitrogens is 3. The van der Waals surface area contributed by atoms with Crippen LogP contribution in [0.4, 0.5) is 5.95 Å². The number of aliphatic carboxylic acids is 1. The van der Waals surface area contributed by atoms with Crippen molar-refractivity contribution >= 4 is 29.2 Å². The van der Waals surface area contributed by atoms with Gasteiger partial charge in [-0.15, -0.1) is 11.3 Å². The van der Waals surface area contributed by atoms with E-state index in [1.165, 1.54) is 22.6 Å². The Labute approximate surface area is 106 Å². The van der Waals surface area contributed by atoms with E-state index in [2.05, 4.69) is 15.2 Å². The quantitative estimate of drug-likeness (QED) is 0.840. The lowest BCUT2D eigenvalue weighted by atomic mass is 10.3. The lowest BCUT2D eigenvalue weighted by Gasteiger charge is -2.17. The summed E-state index contributed by atoms with van der Waals surface area (Å²) >= 11 is 1.29. The zero-order valence-corrected chi connectivity index (χ0v) is 10.1. The highest BCUT2D eigenvalue weighted by Crippen LogP contribution is 2.16. The Morgan fingerprint density at radius 3 is 2.89 bits per heavy atom. The topological polar surface area (TPSA) is 99.2 Å². The highest BCUT2D eigenvalue weighted by molar-refractivity contribution is 7.12. The summed E-state index contributed by atoms with van der Waals surface area (Å²) in [5.41, 5.74) is 0. The van der Waals surface area contributed by atoms with Gasteiger partial charge in [0.1, 0.15) is 6.33 Å². The third kappa shape index (κ3) is 2.72. The van der Waals surface area contributed by atoms with Gasteiger partial charge in [-0.3, -0.25) is 14.5 Å². The minimum atomic E-state index is -0.974. The van der Waals surface area contributed by atoms with E-state index in [1.807, 2.05) is 0 Å². The lowest BCUT2D eigenvalue weighted by Crippen LogP contribution is -2.33. The Bertz CT molecular complexity index is 523. The molecule has 18 heavy (non-hydrogen) atoms. The maximum atomic E-state index is 12.2. The number of thiophene rings is 1. The van der Waals surface area contributed by atoms with Crippen LogP contribution in [0.15, 0.2) is 23.8 Å². The van der Waals surface area contributed by atoms with Crippen molar-refractivity contribution in [3.05, 3.63) is 28.7 Å². The molecule has 1 amide bonds. The molecule has 2 N–H and O–H groups in total. The van der Waals surface area contributed by atoms with Crippen LogP contribution < -0.4 is 4.90 Å². The molecule has 2 aromatic rings. The number of H-pyrrole nitrogens is 1. The Morgan fingerprint density at radius 1 is 1.50 bits per heavy atom. The molecule has 0 unspecified atom stereocenters. The molecule has 2 aromatic heterocycles. The Kier molecular flexibility index (Phi) is 3.68. The predicted molar refractivity (Wildman–Crippen MR) is 64.6 cm³/mol. The SMILES string of the molecule is O=C(O)CCN(C(=O)c1cccs1)c1ncn[nH]1. The number of nitrogens with zero attached hydrogens (tertiary/aromatic N) is 3. The van der Waals surface area contributed by atoms with Crippen molar-refractivity contribution in [3.63, 3.8) is 0 Å². The molecule has 0 atom stereocenters. The molecule has 2 rings (SSSR count). The van der Waals surface area contributed by atoms with Crippen molar-refractivity contribution in [1.82, 2.24) is 15.2 Å². The van der Waals surface area contributed by atoms with Gasteiger partial charge < -0.3 is 5.11 Å². The number of carbonyl (C=O) groups is 2. The van der Waals surface area contributed by atoms with Gasteiger partial charge in [0.25, 0.3) is 5.91 Å². The molecule has 0 radical (unpaired) electrons. The fourth-order valence-corrected chi connectivity index (χ4v) is 2.05. The molecule has 0 saturated carbocycles. The minimum Gasteiger partial charge on any atom is -0.481 e. The van der Waals surface area contributed by atoms with E-state index in [0.717, 1.165) is 0 Å². The summed E-state index contributed by atoms with van der Waals surface area (Å²) in [4.78, 5) is 28.4. The number of anilines is 1. The van der Waals surface area contributed by atoms with Gasteiger partial charge in [-0.25, -0.2) is 5.10 Å². The normalized spacial score (nSPS) is 10.2. The summed E-state index contributed by atoms with van der Waals surface area (Å²) in [6.07, 6.45) is 1.11. The molecule has 7 nitrogen and oxygen atoms in total. The second-order valence-electron chi connectivity index (χ2n) is 3.39. The summed E-state index contributed by atoms with van der Waals surface area (Å²) in [5.74, 6) is -1.02. The van der Waals surface area contributed by atoms with Gasteiger partial charge >= 0.3 is 5.97 Å². The fourth-order valence-electron chi connectivity index (χ4n) is 1.37. The third-order valence-electron chi connectivity index (χ3n) is 2.18. The van der Waals surface area contributed by atoms with Crippen molar-refractivity contribution in [3.8, 4) is 0 Å². The number of rotatable bonds is 5. The molecule has 0 aliphatic heterocycles. The van der Waals surface area contributed by atoms with Gasteiger partial charge in [0.15, 0.2) is 0 Å². The molecule has 8 heteroatoms. The summed E-state index contributed by atoms with van der Waals surface area (Å²) in [5, 5.41) is 16.7. The summed E-state index contributed by atoms with van der Waals surface area (Å²) in [6, 6.07) is 3.44. The average Bonchev–Trinajstić information content (AvgIpc) is 3.01. The van der Waals surface area contributed by atoms with Crippen LogP contribution in [-0.2, 0) is 4.79 Å². The van der Waals surface area contributed by atoms with Crippen molar-refractivity contribution in [2.24, 2.45) is 0 Å². The van der Waals surface area contributed by atoms with Crippen LogP contribution in [0.2, 0.25) is 0 Å². The first-order valence-corrected chi connectivity index (χ1v) is 5.99. The largest absolute Gasteiger partial charge is 0.481 e. The van der Waals surface area contributed by atoms with Gasteiger partial charge in [0.05, 0.1) is 11.3 Å². The first kappa shape index (κ1) is 12.2. The summed E-state index contributed by atoms with van der Waals surface area (Å²) in [6.45, 7) is 0.0429. The number of hydrogen-bond donors (Lipinski definition) is 2. The van der Waals surface area contributed by atoms with Crippen molar-refractivity contribution in [2.75, 3.05) is 11.4 Å². The second kappa shape index (κ2) is 5.41. The van der Waals surface area contributed by atoms with Crippen LogP contribution in [-0.4, -0.2) is 38.7 Å². The maximum Gasteiger partial charge on any atom is 0.305 e. The molecule has 0 saturated heterocycles. The summed E-state index contributed by atoms with van der Waals surface area (Å²) in [7, 11) is 0. The molecule has 0 aliphatic carbocycles. The zero-order chi connectivity index (χ0) is 13.0.